The summed E-state index contributed by atoms with van der Waals surface area (Å²) in [5, 5.41) is 11.8. The minimum Gasteiger partial charge on any atom is -0.336 e. The van der Waals surface area contributed by atoms with Gasteiger partial charge >= 0.3 is 0 Å². The van der Waals surface area contributed by atoms with Crippen LogP contribution < -0.4 is 5.32 Å². The predicted octanol–water partition coefficient (Wildman–Crippen LogP) is 2.77. The molecule has 5 nitrogen and oxygen atoms in total. The Kier molecular flexibility index (Phi) is 4.97. The molecule has 1 atom stereocenters. The van der Waals surface area contributed by atoms with Crippen molar-refractivity contribution >= 4 is 17.9 Å². The van der Waals surface area contributed by atoms with E-state index in [-0.39, 0.29) is 23.2 Å². The highest BCUT2D eigenvalue weighted by Gasteiger charge is 2.44. The number of piperazine rings is 1. The lowest BCUT2D eigenvalue weighted by Crippen LogP contribution is -2.64. The second-order valence-corrected chi connectivity index (χ2v) is 6.80. The number of nitrogens with zero attached hydrogens (tertiary/aromatic N) is 2. The zero-order chi connectivity index (χ0) is 20.5. The summed E-state index contributed by atoms with van der Waals surface area (Å²) in [6, 6.07) is 11.5. The van der Waals surface area contributed by atoms with Gasteiger partial charge in [-0.3, -0.25) is 9.59 Å². The summed E-state index contributed by atoms with van der Waals surface area (Å²) < 4.78 is 27.3. The Balaban J connectivity index is 1.95. The van der Waals surface area contributed by atoms with E-state index in [1.807, 2.05) is 6.07 Å². The van der Waals surface area contributed by atoms with Crippen LogP contribution in [-0.4, -0.2) is 29.3 Å². The van der Waals surface area contributed by atoms with Crippen LogP contribution in [0.15, 0.2) is 48.2 Å². The van der Waals surface area contributed by atoms with Gasteiger partial charge in [-0.25, -0.2) is 8.78 Å². The monoisotopic (exact) mass is 381 g/mol. The molecule has 1 unspecified atom stereocenters. The Bertz CT molecular complexity index is 1020. The summed E-state index contributed by atoms with van der Waals surface area (Å²) in [6.45, 7) is 1.58. The van der Waals surface area contributed by atoms with Crippen LogP contribution in [0.5, 0.6) is 0 Å². The number of nitriles is 1. The molecule has 0 bridgehead atoms. The van der Waals surface area contributed by atoms with Gasteiger partial charge in [0.15, 0.2) is 0 Å². The van der Waals surface area contributed by atoms with E-state index in [4.69, 9.17) is 5.26 Å². The molecule has 0 aromatic heterocycles. The highest BCUT2D eigenvalue weighted by molar-refractivity contribution is 6.09. The first kappa shape index (κ1) is 19.2. The van der Waals surface area contributed by atoms with Crippen LogP contribution in [0.1, 0.15) is 23.6 Å². The standard InChI is InChI=1S/C21H17F2N3O2/c1-21(11-13-6-8-15(22)9-7-13)20(28)26(2)18(19(27)25-21)10-16-14(12-24)4-3-5-17(16)23/h3-10H,11H2,1-2H3,(H,25,27). The number of hydrogen-bond donors (Lipinski definition) is 1. The maximum Gasteiger partial charge on any atom is 0.268 e. The van der Waals surface area contributed by atoms with Crippen LogP contribution in [0.25, 0.3) is 6.08 Å². The van der Waals surface area contributed by atoms with Gasteiger partial charge in [-0.05, 0) is 42.8 Å². The van der Waals surface area contributed by atoms with Crippen molar-refractivity contribution in [3.8, 4) is 6.07 Å². The SMILES string of the molecule is CN1C(=O)C(C)(Cc2ccc(F)cc2)NC(=O)C1=Cc1c(F)cccc1C#N. The summed E-state index contributed by atoms with van der Waals surface area (Å²) in [5.74, 6) is -2.04. The molecular weight excluding hydrogens is 364 g/mol. The van der Waals surface area contributed by atoms with E-state index < -0.39 is 29.0 Å². The van der Waals surface area contributed by atoms with E-state index in [0.29, 0.717) is 5.56 Å². The minimum atomic E-state index is -1.24. The zero-order valence-electron chi connectivity index (χ0n) is 15.3. The summed E-state index contributed by atoms with van der Waals surface area (Å²) in [7, 11) is 1.42. The smallest absolute Gasteiger partial charge is 0.268 e. The lowest BCUT2D eigenvalue weighted by atomic mass is 9.88. The van der Waals surface area contributed by atoms with Crippen LogP contribution in [0.3, 0.4) is 0 Å². The molecule has 1 aliphatic heterocycles. The van der Waals surface area contributed by atoms with Gasteiger partial charge in [-0.15, -0.1) is 0 Å². The van der Waals surface area contributed by atoms with E-state index in [9.17, 15) is 18.4 Å². The number of hydrogen-bond acceptors (Lipinski definition) is 3. The minimum absolute atomic E-state index is 0.0563. The van der Waals surface area contributed by atoms with E-state index in [1.165, 1.54) is 43.5 Å². The van der Waals surface area contributed by atoms with Gasteiger partial charge in [0.05, 0.1) is 11.6 Å². The van der Waals surface area contributed by atoms with Gasteiger partial charge in [0.2, 0.25) is 0 Å². The first-order valence-corrected chi connectivity index (χ1v) is 8.50. The third-order valence-electron chi connectivity index (χ3n) is 4.69. The lowest BCUT2D eigenvalue weighted by Gasteiger charge is -2.39. The molecule has 0 aliphatic carbocycles. The molecule has 7 heteroatoms. The van der Waals surface area contributed by atoms with Crippen LogP contribution >= 0.6 is 0 Å². The van der Waals surface area contributed by atoms with Gasteiger partial charge in [0, 0.05) is 19.0 Å². The van der Waals surface area contributed by atoms with Gasteiger partial charge in [-0.1, -0.05) is 18.2 Å². The van der Waals surface area contributed by atoms with Gasteiger partial charge in [-0.2, -0.15) is 5.26 Å². The molecular formula is C21H17F2N3O2. The van der Waals surface area contributed by atoms with E-state index in [1.54, 1.807) is 19.1 Å². The number of amides is 2. The number of carbonyl (C=O) groups is 2. The molecule has 1 saturated heterocycles. The summed E-state index contributed by atoms with van der Waals surface area (Å²) in [4.78, 5) is 26.8. The molecule has 2 amide bonds. The van der Waals surface area contributed by atoms with Crippen molar-refractivity contribution in [1.29, 1.82) is 5.26 Å². The van der Waals surface area contributed by atoms with Crippen molar-refractivity contribution < 1.29 is 18.4 Å². The third kappa shape index (κ3) is 3.49. The van der Waals surface area contributed by atoms with Crippen molar-refractivity contribution in [3.63, 3.8) is 0 Å². The second-order valence-electron chi connectivity index (χ2n) is 6.80. The van der Waals surface area contributed by atoms with Gasteiger partial charge in [0.25, 0.3) is 11.8 Å². The molecule has 3 rings (SSSR count). The fourth-order valence-electron chi connectivity index (χ4n) is 3.21. The Morgan fingerprint density at radius 2 is 1.86 bits per heavy atom. The molecule has 1 N–H and O–H groups in total. The van der Waals surface area contributed by atoms with Crippen LogP contribution in [0.2, 0.25) is 0 Å². The molecule has 1 fully saturated rings. The van der Waals surface area contributed by atoms with Gasteiger partial charge in [0.1, 0.15) is 22.9 Å². The highest BCUT2D eigenvalue weighted by atomic mass is 19.1. The Labute approximate surface area is 160 Å². The Morgan fingerprint density at radius 1 is 1.18 bits per heavy atom. The molecule has 2 aromatic carbocycles. The molecule has 142 valence electrons. The maximum absolute atomic E-state index is 14.2. The lowest BCUT2D eigenvalue weighted by molar-refractivity contribution is -0.143. The number of nitrogens with one attached hydrogen (secondary N) is 1. The van der Waals surface area contributed by atoms with Gasteiger partial charge < -0.3 is 10.2 Å². The topological polar surface area (TPSA) is 73.2 Å². The number of likely N-dealkylation sites (N-methyl/N-ethyl adjacent to an activating group) is 1. The first-order chi connectivity index (χ1) is 13.2. The van der Waals surface area contributed by atoms with Crippen LogP contribution in [0.4, 0.5) is 8.78 Å². The summed E-state index contributed by atoms with van der Waals surface area (Å²) >= 11 is 0. The van der Waals surface area contributed by atoms with Crippen molar-refractivity contribution in [2.45, 2.75) is 18.9 Å². The van der Waals surface area contributed by atoms with E-state index in [2.05, 4.69) is 5.32 Å². The fraction of sp³-hybridized carbons (Fsp3) is 0.190. The number of halogens is 2. The Morgan fingerprint density at radius 3 is 2.50 bits per heavy atom. The zero-order valence-corrected chi connectivity index (χ0v) is 15.3. The summed E-state index contributed by atoms with van der Waals surface area (Å²) in [6.07, 6.45) is 1.36. The third-order valence-corrected chi connectivity index (χ3v) is 4.69. The van der Waals surface area contributed by atoms with E-state index in [0.717, 1.165) is 4.90 Å². The quantitative estimate of drug-likeness (QED) is 0.831. The first-order valence-electron chi connectivity index (χ1n) is 8.50. The van der Waals surface area contributed by atoms with Crippen molar-refractivity contribution in [1.82, 2.24) is 10.2 Å². The van der Waals surface area contributed by atoms with Crippen LogP contribution in [-0.2, 0) is 16.0 Å². The van der Waals surface area contributed by atoms with Crippen LogP contribution in [0, 0.1) is 23.0 Å². The number of carbonyl (C=O) groups excluding carboxylic acids is 2. The summed E-state index contributed by atoms with van der Waals surface area (Å²) in [5.41, 5.74) is -0.631. The molecule has 0 saturated carbocycles. The van der Waals surface area contributed by atoms with Crippen molar-refractivity contribution in [2.24, 2.45) is 0 Å². The highest BCUT2D eigenvalue weighted by Crippen LogP contribution is 2.26. The molecule has 0 radical (unpaired) electrons. The predicted molar refractivity (Wildman–Crippen MR) is 98.5 cm³/mol. The maximum atomic E-state index is 14.2. The normalized spacial score (nSPS) is 20.8. The fourth-order valence-corrected chi connectivity index (χ4v) is 3.21. The van der Waals surface area contributed by atoms with E-state index >= 15 is 0 Å². The molecule has 0 spiro atoms. The molecule has 1 aliphatic rings. The number of rotatable bonds is 3. The number of benzene rings is 2. The molecule has 1 heterocycles. The second kappa shape index (κ2) is 7.24. The largest absolute Gasteiger partial charge is 0.336 e. The Hall–Kier alpha value is -3.53. The average molecular weight is 381 g/mol. The van der Waals surface area contributed by atoms with Crippen molar-refractivity contribution in [2.75, 3.05) is 7.05 Å². The molecule has 28 heavy (non-hydrogen) atoms. The average Bonchev–Trinajstić information content (AvgIpc) is 2.66. The van der Waals surface area contributed by atoms with Crippen molar-refractivity contribution in [3.05, 3.63) is 76.5 Å². The molecule has 2 aromatic rings.